The first kappa shape index (κ1) is 8.85. The predicted octanol–water partition coefficient (Wildman–Crippen LogP) is 3.30. The molecule has 64 valence electrons. The van der Waals surface area contributed by atoms with Crippen LogP contribution in [0, 0.1) is 0 Å². The topological polar surface area (TPSA) is 9.23 Å². The maximum atomic E-state index is 5.34. The van der Waals surface area contributed by atoms with Gasteiger partial charge in [0, 0.05) is 0 Å². The Morgan fingerprint density at radius 1 is 1.42 bits per heavy atom. The first-order valence-corrected chi connectivity index (χ1v) is 4.19. The Kier molecular flexibility index (Phi) is 3.39. The summed E-state index contributed by atoms with van der Waals surface area (Å²) in [7, 11) is 0. The lowest BCUT2D eigenvalue weighted by Crippen LogP contribution is -1.97. The summed E-state index contributed by atoms with van der Waals surface area (Å²) in [6, 6.07) is 10.2. The molecule has 0 aliphatic rings. The number of ether oxygens (including phenoxy) is 1. The summed E-state index contributed by atoms with van der Waals surface area (Å²) in [4.78, 5) is 0. The van der Waals surface area contributed by atoms with Crippen LogP contribution in [0.4, 0.5) is 0 Å². The minimum absolute atomic E-state index is 0.156. The van der Waals surface area contributed by atoms with E-state index in [9.17, 15) is 0 Å². The SMILES string of the molecule is C=CO[C@H](CC)c1ccccc1. The van der Waals surface area contributed by atoms with Crippen LogP contribution in [0.2, 0.25) is 0 Å². The van der Waals surface area contributed by atoms with Crippen molar-refractivity contribution >= 4 is 0 Å². The molecule has 1 heteroatoms. The van der Waals surface area contributed by atoms with Crippen LogP contribution in [-0.2, 0) is 4.74 Å². The average Bonchev–Trinajstić information content (AvgIpc) is 2.15. The van der Waals surface area contributed by atoms with Gasteiger partial charge in [-0.2, -0.15) is 0 Å². The fourth-order valence-electron chi connectivity index (χ4n) is 1.19. The summed E-state index contributed by atoms with van der Waals surface area (Å²) >= 11 is 0. The summed E-state index contributed by atoms with van der Waals surface area (Å²) in [5.41, 5.74) is 1.21. The Hall–Kier alpha value is -1.24. The summed E-state index contributed by atoms with van der Waals surface area (Å²) in [5.74, 6) is 0. The second-order valence-corrected chi connectivity index (χ2v) is 2.61. The molecule has 0 saturated heterocycles. The van der Waals surface area contributed by atoms with Crippen LogP contribution in [0.1, 0.15) is 25.0 Å². The van der Waals surface area contributed by atoms with Gasteiger partial charge in [-0.25, -0.2) is 0 Å². The number of benzene rings is 1. The normalized spacial score (nSPS) is 12.1. The maximum absolute atomic E-state index is 5.34. The highest BCUT2D eigenvalue weighted by molar-refractivity contribution is 5.17. The van der Waals surface area contributed by atoms with E-state index in [0.29, 0.717) is 0 Å². The zero-order chi connectivity index (χ0) is 8.81. The van der Waals surface area contributed by atoms with Gasteiger partial charge in [-0.15, -0.1) is 0 Å². The monoisotopic (exact) mass is 162 g/mol. The molecule has 0 aliphatic carbocycles. The highest BCUT2D eigenvalue weighted by atomic mass is 16.5. The number of rotatable bonds is 4. The summed E-state index contributed by atoms with van der Waals surface area (Å²) < 4.78 is 5.34. The minimum atomic E-state index is 0.156. The average molecular weight is 162 g/mol. The second-order valence-electron chi connectivity index (χ2n) is 2.61. The lowest BCUT2D eigenvalue weighted by Gasteiger charge is -2.13. The van der Waals surface area contributed by atoms with Gasteiger partial charge in [-0.05, 0) is 12.0 Å². The van der Waals surface area contributed by atoms with Crippen LogP contribution in [-0.4, -0.2) is 0 Å². The van der Waals surface area contributed by atoms with Gasteiger partial charge in [0.1, 0.15) is 6.10 Å². The molecule has 1 aromatic rings. The van der Waals surface area contributed by atoms with Gasteiger partial charge in [0.2, 0.25) is 0 Å². The molecule has 0 N–H and O–H groups in total. The molecule has 0 radical (unpaired) electrons. The fourth-order valence-corrected chi connectivity index (χ4v) is 1.19. The van der Waals surface area contributed by atoms with E-state index in [1.54, 1.807) is 0 Å². The van der Waals surface area contributed by atoms with Crippen LogP contribution in [0.25, 0.3) is 0 Å². The van der Waals surface area contributed by atoms with Gasteiger partial charge in [-0.3, -0.25) is 0 Å². The van der Waals surface area contributed by atoms with Crippen LogP contribution in [0.15, 0.2) is 43.2 Å². The quantitative estimate of drug-likeness (QED) is 0.617. The third-order valence-electron chi connectivity index (χ3n) is 1.80. The van der Waals surface area contributed by atoms with Gasteiger partial charge in [0.25, 0.3) is 0 Å². The van der Waals surface area contributed by atoms with Crippen LogP contribution < -0.4 is 0 Å². The van der Waals surface area contributed by atoms with E-state index in [4.69, 9.17) is 4.74 Å². The van der Waals surface area contributed by atoms with E-state index in [1.807, 2.05) is 18.2 Å². The summed E-state index contributed by atoms with van der Waals surface area (Å²) in [6.07, 6.45) is 2.63. The molecular formula is C11H14O. The Labute approximate surface area is 73.7 Å². The highest BCUT2D eigenvalue weighted by Crippen LogP contribution is 2.20. The van der Waals surface area contributed by atoms with E-state index >= 15 is 0 Å². The van der Waals surface area contributed by atoms with Crippen molar-refractivity contribution in [2.24, 2.45) is 0 Å². The van der Waals surface area contributed by atoms with Crippen LogP contribution in [0.5, 0.6) is 0 Å². The molecule has 0 fully saturated rings. The van der Waals surface area contributed by atoms with E-state index in [0.717, 1.165) is 6.42 Å². The number of hydrogen-bond donors (Lipinski definition) is 0. The summed E-state index contributed by atoms with van der Waals surface area (Å²) in [5, 5.41) is 0. The van der Waals surface area contributed by atoms with Crippen LogP contribution >= 0.6 is 0 Å². The third-order valence-corrected chi connectivity index (χ3v) is 1.80. The van der Waals surface area contributed by atoms with Crippen molar-refractivity contribution in [2.75, 3.05) is 0 Å². The molecule has 1 aromatic carbocycles. The van der Waals surface area contributed by atoms with Crippen molar-refractivity contribution in [1.82, 2.24) is 0 Å². The van der Waals surface area contributed by atoms with Crippen molar-refractivity contribution in [3.8, 4) is 0 Å². The van der Waals surface area contributed by atoms with Crippen molar-refractivity contribution in [2.45, 2.75) is 19.4 Å². The molecule has 0 unspecified atom stereocenters. The zero-order valence-electron chi connectivity index (χ0n) is 7.36. The molecule has 1 nitrogen and oxygen atoms in total. The Morgan fingerprint density at radius 3 is 2.58 bits per heavy atom. The standard InChI is InChI=1S/C11H14O/c1-3-11(12-4-2)10-8-6-5-7-9-10/h4-9,11H,2-3H2,1H3/t11-/m1/s1. The smallest absolute Gasteiger partial charge is 0.123 e. The fraction of sp³-hybridized carbons (Fsp3) is 0.273. The maximum Gasteiger partial charge on any atom is 0.123 e. The highest BCUT2D eigenvalue weighted by Gasteiger charge is 2.06. The Morgan fingerprint density at radius 2 is 2.08 bits per heavy atom. The van der Waals surface area contributed by atoms with Gasteiger partial charge in [0.05, 0.1) is 6.26 Å². The molecule has 0 spiro atoms. The molecule has 0 saturated carbocycles. The van der Waals surface area contributed by atoms with Crippen molar-refractivity contribution in [3.63, 3.8) is 0 Å². The molecule has 0 heterocycles. The molecule has 1 atom stereocenters. The molecule has 0 amide bonds. The Balaban J connectivity index is 2.72. The molecule has 0 aromatic heterocycles. The minimum Gasteiger partial charge on any atom is -0.494 e. The Bertz CT molecular complexity index is 228. The lowest BCUT2D eigenvalue weighted by atomic mass is 10.1. The van der Waals surface area contributed by atoms with E-state index in [1.165, 1.54) is 11.8 Å². The predicted molar refractivity (Wildman–Crippen MR) is 50.8 cm³/mol. The first-order valence-electron chi connectivity index (χ1n) is 4.19. The molecule has 0 aliphatic heterocycles. The zero-order valence-corrected chi connectivity index (χ0v) is 7.36. The molecule has 12 heavy (non-hydrogen) atoms. The van der Waals surface area contributed by atoms with Crippen LogP contribution in [0.3, 0.4) is 0 Å². The molecular weight excluding hydrogens is 148 g/mol. The van der Waals surface area contributed by atoms with Crippen molar-refractivity contribution < 1.29 is 4.74 Å². The van der Waals surface area contributed by atoms with Gasteiger partial charge >= 0.3 is 0 Å². The van der Waals surface area contributed by atoms with Gasteiger partial charge in [-0.1, -0.05) is 43.8 Å². The number of hydrogen-bond acceptors (Lipinski definition) is 1. The van der Waals surface area contributed by atoms with E-state index in [-0.39, 0.29) is 6.10 Å². The largest absolute Gasteiger partial charge is 0.494 e. The summed E-state index contributed by atoms with van der Waals surface area (Å²) in [6.45, 7) is 5.65. The second kappa shape index (κ2) is 4.60. The van der Waals surface area contributed by atoms with Crippen molar-refractivity contribution in [3.05, 3.63) is 48.7 Å². The lowest BCUT2D eigenvalue weighted by molar-refractivity contribution is 0.143. The molecule has 0 bridgehead atoms. The molecule has 1 rings (SSSR count). The van der Waals surface area contributed by atoms with Crippen molar-refractivity contribution in [1.29, 1.82) is 0 Å². The van der Waals surface area contributed by atoms with E-state index < -0.39 is 0 Å². The first-order chi connectivity index (χ1) is 5.88. The van der Waals surface area contributed by atoms with Gasteiger partial charge < -0.3 is 4.74 Å². The van der Waals surface area contributed by atoms with E-state index in [2.05, 4.69) is 25.6 Å². The third kappa shape index (κ3) is 2.12. The van der Waals surface area contributed by atoms with Gasteiger partial charge in [0.15, 0.2) is 0 Å².